The van der Waals surface area contributed by atoms with Gasteiger partial charge in [-0.3, -0.25) is 9.58 Å². The quantitative estimate of drug-likeness (QED) is 0.931. The number of carbonyl (C=O) groups is 2. The number of nitrogens with zero attached hydrogens (tertiary/aromatic N) is 3. The molecule has 1 aliphatic rings. The van der Waals surface area contributed by atoms with Crippen LogP contribution in [0.15, 0.2) is 30.3 Å². The first-order valence-corrected chi connectivity index (χ1v) is 7.71. The van der Waals surface area contributed by atoms with E-state index in [-0.39, 0.29) is 13.2 Å². The van der Waals surface area contributed by atoms with E-state index in [0.29, 0.717) is 12.0 Å². The summed E-state index contributed by atoms with van der Waals surface area (Å²) in [6.07, 6.45) is -0.110. The van der Waals surface area contributed by atoms with Gasteiger partial charge in [-0.2, -0.15) is 5.10 Å². The topological polar surface area (TPSA) is 84.7 Å². The van der Waals surface area contributed by atoms with E-state index in [1.165, 1.54) is 4.90 Å². The van der Waals surface area contributed by atoms with Crippen molar-refractivity contribution in [2.45, 2.75) is 26.0 Å². The van der Waals surface area contributed by atoms with E-state index in [1.54, 1.807) is 18.7 Å². The number of aromatic nitrogens is 2. The number of carboxylic acid groups (broad SMARTS) is 1. The molecule has 1 aromatic heterocycles. The fourth-order valence-corrected chi connectivity index (χ4v) is 3.00. The Morgan fingerprint density at radius 1 is 1.33 bits per heavy atom. The summed E-state index contributed by atoms with van der Waals surface area (Å²) in [4.78, 5) is 25.5. The van der Waals surface area contributed by atoms with Crippen LogP contribution in [-0.4, -0.2) is 38.4 Å². The van der Waals surface area contributed by atoms with Gasteiger partial charge in [-0.25, -0.2) is 9.59 Å². The minimum Gasteiger partial charge on any atom is -0.479 e. The number of benzene rings is 1. The van der Waals surface area contributed by atoms with Gasteiger partial charge in [-0.05, 0) is 12.5 Å². The zero-order chi connectivity index (χ0) is 17.3. The van der Waals surface area contributed by atoms with Gasteiger partial charge in [0.2, 0.25) is 0 Å². The molecule has 2 heterocycles. The SMILES string of the molecule is Cc1c2c(nn1C)CCN(C(=O)OCc1ccccc1)C2C(=O)O. The van der Waals surface area contributed by atoms with Crippen LogP contribution in [0.5, 0.6) is 0 Å². The number of ether oxygens (including phenoxy) is 1. The number of aryl methyl sites for hydroxylation is 1. The summed E-state index contributed by atoms with van der Waals surface area (Å²) in [5, 5.41) is 14.0. The van der Waals surface area contributed by atoms with E-state index >= 15 is 0 Å². The molecule has 3 rings (SSSR count). The van der Waals surface area contributed by atoms with Crippen LogP contribution < -0.4 is 0 Å². The molecule has 1 atom stereocenters. The van der Waals surface area contributed by atoms with Crippen LogP contribution in [0.25, 0.3) is 0 Å². The molecule has 24 heavy (non-hydrogen) atoms. The highest BCUT2D eigenvalue weighted by atomic mass is 16.6. The van der Waals surface area contributed by atoms with Crippen LogP contribution in [0.1, 0.15) is 28.6 Å². The highest BCUT2D eigenvalue weighted by Crippen LogP contribution is 2.32. The number of aliphatic carboxylic acids is 1. The van der Waals surface area contributed by atoms with Crippen LogP contribution in [0.2, 0.25) is 0 Å². The average Bonchev–Trinajstić information content (AvgIpc) is 2.87. The molecule has 1 aliphatic heterocycles. The van der Waals surface area contributed by atoms with Crippen LogP contribution in [0, 0.1) is 6.92 Å². The van der Waals surface area contributed by atoms with Crippen LogP contribution in [-0.2, 0) is 29.6 Å². The molecule has 0 radical (unpaired) electrons. The standard InChI is InChI=1S/C17H19N3O4/c1-11-14-13(18-19(11)2)8-9-20(15(14)16(21)22)17(23)24-10-12-6-4-3-5-7-12/h3-7,15H,8-10H2,1-2H3,(H,21,22). The summed E-state index contributed by atoms with van der Waals surface area (Å²) in [6.45, 7) is 2.19. The maximum absolute atomic E-state index is 12.4. The second-order valence-electron chi connectivity index (χ2n) is 5.79. The lowest BCUT2D eigenvalue weighted by Crippen LogP contribution is -2.43. The lowest BCUT2D eigenvalue weighted by molar-refractivity contribution is -0.143. The first-order chi connectivity index (χ1) is 11.5. The molecule has 1 aromatic carbocycles. The predicted octanol–water partition coefficient (Wildman–Crippen LogP) is 2.05. The van der Waals surface area contributed by atoms with Crippen molar-refractivity contribution >= 4 is 12.1 Å². The third-order valence-electron chi connectivity index (χ3n) is 4.30. The molecule has 0 saturated carbocycles. The maximum Gasteiger partial charge on any atom is 0.411 e. The van der Waals surface area contributed by atoms with Crippen molar-refractivity contribution in [3.63, 3.8) is 0 Å². The molecule has 0 fully saturated rings. The Hall–Kier alpha value is -2.83. The number of hydrogen-bond acceptors (Lipinski definition) is 4. The van der Waals surface area contributed by atoms with Gasteiger partial charge in [-0.15, -0.1) is 0 Å². The number of fused-ring (bicyclic) bond motifs is 1. The van der Waals surface area contributed by atoms with Crippen LogP contribution in [0.3, 0.4) is 0 Å². The van der Waals surface area contributed by atoms with E-state index in [9.17, 15) is 14.7 Å². The first-order valence-electron chi connectivity index (χ1n) is 7.71. The van der Waals surface area contributed by atoms with Gasteiger partial charge >= 0.3 is 12.1 Å². The fourth-order valence-electron chi connectivity index (χ4n) is 3.00. The molecule has 7 nitrogen and oxygen atoms in total. The van der Waals surface area contributed by atoms with E-state index in [1.807, 2.05) is 30.3 Å². The lowest BCUT2D eigenvalue weighted by Gasteiger charge is -2.32. The van der Waals surface area contributed by atoms with Gasteiger partial charge in [-0.1, -0.05) is 30.3 Å². The molecule has 0 bridgehead atoms. The summed E-state index contributed by atoms with van der Waals surface area (Å²) in [6, 6.07) is 8.22. The second-order valence-corrected chi connectivity index (χ2v) is 5.79. The Bertz CT molecular complexity index is 770. The summed E-state index contributed by atoms with van der Waals surface area (Å²) in [5.74, 6) is -1.08. The van der Waals surface area contributed by atoms with Crippen molar-refractivity contribution in [2.75, 3.05) is 6.54 Å². The van der Waals surface area contributed by atoms with E-state index in [2.05, 4.69) is 5.10 Å². The number of carbonyl (C=O) groups excluding carboxylic acids is 1. The van der Waals surface area contributed by atoms with Gasteiger partial charge in [0, 0.05) is 31.3 Å². The van der Waals surface area contributed by atoms with Crippen LogP contribution >= 0.6 is 0 Å². The Morgan fingerprint density at radius 3 is 2.71 bits per heavy atom. The number of carboxylic acids is 1. The van der Waals surface area contributed by atoms with E-state index in [0.717, 1.165) is 17.0 Å². The van der Waals surface area contributed by atoms with Crippen molar-refractivity contribution in [1.82, 2.24) is 14.7 Å². The Balaban J connectivity index is 1.81. The van der Waals surface area contributed by atoms with E-state index < -0.39 is 18.1 Å². The zero-order valence-corrected chi connectivity index (χ0v) is 13.6. The van der Waals surface area contributed by atoms with Gasteiger partial charge in [0.15, 0.2) is 6.04 Å². The number of amides is 1. The Kier molecular flexibility index (Phi) is 4.24. The van der Waals surface area contributed by atoms with Crippen molar-refractivity contribution in [2.24, 2.45) is 7.05 Å². The van der Waals surface area contributed by atoms with E-state index in [4.69, 9.17) is 4.74 Å². The average molecular weight is 329 g/mol. The van der Waals surface area contributed by atoms with Crippen molar-refractivity contribution in [1.29, 1.82) is 0 Å². The van der Waals surface area contributed by atoms with Gasteiger partial charge < -0.3 is 9.84 Å². The first kappa shape index (κ1) is 16.0. The molecule has 1 unspecified atom stereocenters. The normalized spacial score (nSPS) is 16.6. The summed E-state index contributed by atoms with van der Waals surface area (Å²) >= 11 is 0. The molecule has 1 amide bonds. The monoisotopic (exact) mass is 329 g/mol. The molecular formula is C17H19N3O4. The van der Waals surface area contributed by atoms with Crippen molar-refractivity contribution in [3.8, 4) is 0 Å². The molecule has 0 aliphatic carbocycles. The molecule has 7 heteroatoms. The van der Waals surface area contributed by atoms with Crippen LogP contribution in [0.4, 0.5) is 4.79 Å². The summed E-state index contributed by atoms with van der Waals surface area (Å²) in [5.41, 5.74) is 2.92. The summed E-state index contributed by atoms with van der Waals surface area (Å²) < 4.78 is 6.96. The minimum absolute atomic E-state index is 0.112. The maximum atomic E-state index is 12.4. The Labute approximate surface area is 139 Å². The molecule has 0 saturated heterocycles. The number of hydrogen-bond donors (Lipinski definition) is 1. The fraction of sp³-hybridized carbons (Fsp3) is 0.353. The Morgan fingerprint density at radius 2 is 2.04 bits per heavy atom. The third kappa shape index (κ3) is 2.84. The highest BCUT2D eigenvalue weighted by molar-refractivity contribution is 5.82. The highest BCUT2D eigenvalue weighted by Gasteiger charge is 2.40. The van der Waals surface area contributed by atoms with Crippen molar-refractivity contribution in [3.05, 3.63) is 52.8 Å². The molecular weight excluding hydrogens is 310 g/mol. The number of rotatable bonds is 3. The molecule has 2 aromatic rings. The lowest BCUT2D eigenvalue weighted by atomic mass is 9.97. The zero-order valence-electron chi connectivity index (χ0n) is 13.6. The second kappa shape index (κ2) is 6.35. The minimum atomic E-state index is -1.08. The smallest absolute Gasteiger partial charge is 0.411 e. The molecule has 1 N–H and O–H groups in total. The van der Waals surface area contributed by atoms with Gasteiger partial charge in [0.05, 0.1) is 5.69 Å². The van der Waals surface area contributed by atoms with Gasteiger partial charge in [0.1, 0.15) is 6.61 Å². The summed E-state index contributed by atoms with van der Waals surface area (Å²) in [7, 11) is 1.77. The largest absolute Gasteiger partial charge is 0.479 e. The predicted molar refractivity (Wildman–Crippen MR) is 85.4 cm³/mol. The van der Waals surface area contributed by atoms with Gasteiger partial charge in [0.25, 0.3) is 0 Å². The molecule has 126 valence electrons. The van der Waals surface area contributed by atoms with Crippen molar-refractivity contribution < 1.29 is 19.4 Å². The third-order valence-corrected chi connectivity index (χ3v) is 4.30. The molecule has 0 spiro atoms.